The van der Waals surface area contributed by atoms with Gasteiger partial charge in [-0.3, -0.25) is 4.57 Å². The van der Waals surface area contributed by atoms with Gasteiger partial charge in [-0.25, -0.2) is 4.98 Å². The Morgan fingerprint density at radius 2 is 1.94 bits per heavy atom. The summed E-state index contributed by atoms with van der Waals surface area (Å²) in [5, 5.41) is 12.9. The third-order valence-corrected chi connectivity index (χ3v) is 5.50. The van der Waals surface area contributed by atoms with Crippen molar-refractivity contribution in [3.63, 3.8) is 0 Å². The lowest BCUT2D eigenvalue weighted by atomic mass is 10.1. The fourth-order valence-electron chi connectivity index (χ4n) is 3.97. The summed E-state index contributed by atoms with van der Waals surface area (Å²) in [6, 6.07) is 15.9. The van der Waals surface area contributed by atoms with Crippen molar-refractivity contribution in [3.8, 4) is 34.4 Å². The van der Waals surface area contributed by atoms with E-state index in [-0.39, 0.29) is 0 Å². The predicted molar refractivity (Wildman–Crippen MR) is 115 cm³/mol. The van der Waals surface area contributed by atoms with E-state index in [1.807, 2.05) is 30.3 Å². The van der Waals surface area contributed by atoms with E-state index < -0.39 is 0 Å². The Bertz CT molecular complexity index is 1430. The number of ether oxygens (including phenoxy) is 1. The van der Waals surface area contributed by atoms with Crippen LogP contribution in [-0.2, 0) is 13.2 Å². The smallest absolute Gasteiger partial charge is 0.278 e. The second-order valence-corrected chi connectivity index (χ2v) is 7.70. The summed E-state index contributed by atoms with van der Waals surface area (Å²) in [5.41, 5.74) is 4.65. The molecule has 0 bridgehead atoms. The van der Waals surface area contributed by atoms with E-state index in [2.05, 4.69) is 59.6 Å². The van der Waals surface area contributed by atoms with Gasteiger partial charge in [0, 0.05) is 5.56 Å². The van der Waals surface area contributed by atoms with Crippen LogP contribution in [0.3, 0.4) is 0 Å². The lowest BCUT2D eigenvalue weighted by Gasteiger charge is -2.10. The van der Waals surface area contributed by atoms with Crippen molar-refractivity contribution in [2.45, 2.75) is 27.0 Å². The number of aromatic nitrogens is 7. The first-order chi connectivity index (χ1) is 15.7. The molecule has 5 aromatic rings. The van der Waals surface area contributed by atoms with Crippen molar-refractivity contribution < 1.29 is 9.26 Å². The number of aryl methyl sites for hydroxylation is 2. The maximum absolute atomic E-state index is 5.97. The third-order valence-electron chi connectivity index (χ3n) is 5.50. The predicted octanol–water partition coefficient (Wildman–Crippen LogP) is 3.74. The van der Waals surface area contributed by atoms with E-state index in [4.69, 9.17) is 9.26 Å². The third kappa shape index (κ3) is 2.97. The highest BCUT2D eigenvalue weighted by atomic mass is 16.5. The van der Waals surface area contributed by atoms with Gasteiger partial charge in [0.15, 0.2) is 23.2 Å². The molecule has 9 heteroatoms. The molecular formula is C23H19N7O2. The Balaban J connectivity index is 1.49. The number of hydrogen-bond acceptors (Lipinski definition) is 7. The Hall–Kier alpha value is -4.27. The lowest BCUT2D eigenvalue weighted by molar-refractivity contribution is 0.290. The van der Waals surface area contributed by atoms with Gasteiger partial charge in [-0.1, -0.05) is 35.0 Å². The van der Waals surface area contributed by atoms with Crippen LogP contribution in [0.4, 0.5) is 0 Å². The van der Waals surface area contributed by atoms with E-state index in [9.17, 15) is 0 Å². The zero-order valence-electron chi connectivity index (χ0n) is 17.6. The highest BCUT2D eigenvalue weighted by Crippen LogP contribution is 2.35. The SMILES string of the molecule is Cc1ccc2c(c1)-c1nnc(COc3ccccc3)n1Cc1c(-c3nc(C)no3)ncn1-2. The van der Waals surface area contributed by atoms with Crippen LogP contribution in [0.15, 0.2) is 59.4 Å². The number of nitrogens with zero attached hydrogens (tertiary/aromatic N) is 7. The van der Waals surface area contributed by atoms with Gasteiger partial charge in [0.1, 0.15) is 18.7 Å². The van der Waals surface area contributed by atoms with Crippen LogP contribution >= 0.6 is 0 Å². The summed E-state index contributed by atoms with van der Waals surface area (Å²) in [6.07, 6.45) is 1.79. The van der Waals surface area contributed by atoms with Crippen molar-refractivity contribution in [2.75, 3.05) is 0 Å². The average molecular weight is 425 g/mol. The minimum atomic E-state index is 0.293. The minimum Gasteiger partial charge on any atom is -0.486 e. The molecule has 0 radical (unpaired) electrons. The van der Waals surface area contributed by atoms with Crippen molar-refractivity contribution in [2.24, 2.45) is 0 Å². The average Bonchev–Trinajstić information content (AvgIpc) is 3.50. The van der Waals surface area contributed by atoms with E-state index in [0.717, 1.165) is 39.9 Å². The summed E-state index contributed by atoms with van der Waals surface area (Å²) >= 11 is 0. The van der Waals surface area contributed by atoms with Gasteiger partial charge in [0.05, 0.1) is 17.9 Å². The molecule has 0 spiro atoms. The molecule has 2 aromatic carbocycles. The zero-order valence-corrected chi connectivity index (χ0v) is 17.6. The number of fused-ring (bicyclic) bond motifs is 5. The Morgan fingerprint density at radius 3 is 2.75 bits per heavy atom. The second-order valence-electron chi connectivity index (χ2n) is 7.70. The molecule has 0 atom stereocenters. The Kier molecular flexibility index (Phi) is 4.14. The summed E-state index contributed by atoms with van der Waals surface area (Å²) in [4.78, 5) is 8.99. The van der Waals surface area contributed by atoms with Crippen LogP contribution in [0.2, 0.25) is 0 Å². The Labute approximate surface area is 183 Å². The van der Waals surface area contributed by atoms with Gasteiger partial charge < -0.3 is 13.8 Å². The molecule has 1 aliphatic rings. The summed E-state index contributed by atoms with van der Waals surface area (Å²) in [5.74, 6) is 3.24. The largest absolute Gasteiger partial charge is 0.486 e. The molecule has 158 valence electrons. The van der Waals surface area contributed by atoms with Crippen molar-refractivity contribution >= 4 is 0 Å². The van der Waals surface area contributed by atoms with Gasteiger partial charge in [-0.2, -0.15) is 4.98 Å². The highest BCUT2D eigenvalue weighted by molar-refractivity contribution is 5.71. The van der Waals surface area contributed by atoms with E-state index in [1.165, 1.54) is 0 Å². The number of benzene rings is 2. The van der Waals surface area contributed by atoms with Gasteiger partial charge in [-0.15, -0.1) is 10.2 Å². The van der Waals surface area contributed by atoms with Gasteiger partial charge in [0.2, 0.25) is 0 Å². The topological polar surface area (TPSA) is 96.7 Å². The molecule has 0 saturated carbocycles. The van der Waals surface area contributed by atoms with E-state index >= 15 is 0 Å². The lowest BCUT2D eigenvalue weighted by Crippen LogP contribution is -2.10. The molecule has 0 unspecified atom stereocenters. The van der Waals surface area contributed by atoms with Crippen LogP contribution in [0.1, 0.15) is 22.9 Å². The van der Waals surface area contributed by atoms with Crippen LogP contribution in [0, 0.1) is 13.8 Å². The van der Waals surface area contributed by atoms with Crippen molar-refractivity contribution in [1.29, 1.82) is 0 Å². The fraction of sp³-hybridized carbons (Fsp3) is 0.174. The number of hydrogen-bond donors (Lipinski definition) is 0. The van der Waals surface area contributed by atoms with Crippen LogP contribution in [0.5, 0.6) is 5.75 Å². The zero-order chi connectivity index (χ0) is 21.7. The normalized spacial score (nSPS) is 12.1. The molecule has 32 heavy (non-hydrogen) atoms. The monoisotopic (exact) mass is 425 g/mol. The molecular weight excluding hydrogens is 406 g/mol. The molecule has 9 nitrogen and oxygen atoms in total. The molecule has 0 amide bonds. The molecule has 1 aliphatic heterocycles. The van der Waals surface area contributed by atoms with E-state index in [1.54, 1.807) is 13.3 Å². The molecule has 0 aliphatic carbocycles. The summed E-state index contributed by atoms with van der Waals surface area (Å²) in [7, 11) is 0. The minimum absolute atomic E-state index is 0.293. The standard InChI is InChI=1S/C23H19N7O2/c1-14-8-9-18-17(10-14)22-27-26-20(12-31-16-6-4-3-5-7-16)29(22)11-19-21(24-13-30(18)19)23-25-15(2)28-32-23/h3-10,13H,11-12H2,1-2H3. The second kappa shape index (κ2) is 7.16. The quantitative estimate of drug-likeness (QED) is 0.424. The van der Waals surface area contributed by atoms with Crippen LogP contribution in [0.25, 0.3) is 28.7 Å². The van der Waals surface area contributed by atoms with Crippen molar-refractivity contribution in [3.05, 3.63) is 77.8 Å². The first-order valence-electron chi connectivity index (χ1n) is 10.3. The molecule has 3 aromatic heterocycles. The first-order valence-corrected chi connectivity index (χ1v) is 10.3. The van der Waals surface area contributed by atoms with Gasteiger partial charge >= 0.3 is 0 Å². The fourth-order valence-corrected chi connectivity index (χ4v) is 3.97. The van der Waals surface area contributed by atoms with E-state index in [0.29, 0.717) is 30.6 Å². The van der Waals surface area contributed by atoms with Gasteiger partial charge in [-0.05, 0) is 38.1 Å². The van der Waals surface area contributed by atoms with Crippen LogP contribution in [-0.4, -0.2) is 34.5 Å². The van der Waals surface area contributed by atoms with Crippen LogP contribution < -0.4 is 4.74 Å². The number of para-hydroxylation sites is 1. The molecule has 0 saturated heterocycles. The van der Waals surface area contributed by atoms with Gasteiger partial charge in [0.25, 0.3) is 5.89 Å². The van der Waals surface area contributed by atoms with Crippen molar-refractivity contribution in [1.82, 2.24) is 34.5 Å². The highest BCUT2D eigenvalue weighted by Gasteiger charge is 2.28. The molecule has 0 N–H and O–H groups in total. The number of rotatable bonds is 4. The first kappa shape index (κ1) is 18.5. The Morgan fingerprint density at radius 1 is 1.06 bits per heavy atom. The number of imidazole rings is 1. The summed E-state index contributed by atoms with van der Waals surface area (Å²) < 4.78 is 15.5. The maximum atomic E-state index is 5.97. The molecule has 6 rings (SSSR count). The molecule has 0 fully saturated rings. The molecule has 4 heterocycles. The summed E-state index contributed by atoms with van der Waals surface area (Å²) in [6.45, 7) is 4.63. The maximum Gasteiger partial charge on any atom is 0.278 e.